The van der Waals surface area contributed by atoms with E-state index in [0.717, 1.165) is 6.42 Å². The predicted octanol–water partition coefficient (Wildman–Crippen LogP) is 5.28. The van der Waals surface area contributed by atoms with Gasteiger partial charge in [-0.2, -0.15) is 0 Å². The quantitative estimate of drug-likeness (QED) is 0.346. The van der Waals surface area contributed by atoms with Crippen molar-refractivity contribution in [3.8, 4) is 0 Å². The molecule has 0 amide bonds. The second-order valence-corrected chi connectivity index (χ2v) is 6.28. The number of aromatic nitrogens is 2. The van der Waals surface area contributed by atoms with Crippen molar-refractivity contribution in [2.45, 2.75) is 104 Å². The van der Waals surface area contributed by atoms with Gasteiger partial charge in [-0.25, -0.2) is 9.13 Å². The lowest BCUT2D eigenvalue weighted by Gasteiger charge is -2.04. The second-order valence-electron chi connectivity index (χ2n) is 6.28. The van der Waals surface area contributed by atoms with Gasteiger partial charge in [0.1, 0.15) is 12.4 Å². The van der Waals surface area contributed by atoms with Crippen LogP contribution in [0.2, 0.25) is 0 Å². The smallest absolute Gasteiger partial charge is 0.234 e. The van der Waals surface area contributed by atoms with Crippen LogP contribution in [0.15, 0.2) is 12.4 Å². The van der Waals surface area contributed by atoms with Crippen molar-refractivity contribution in [2.24, 2.45) is 0 Å². The van der Waals surface area contributed by atoms with E-state index in [1.807, 2.05) is 0 Å². The van der Waals surface area contributed by atoms with Crippen molar-refractivity contribution in [1.82, 2.24) is 4.57 Å². The van der Waals surface area contributed by atoms with E-state index in [1.165, 1.54) is 83.1 Å². The highest BCUT2D eigenvalue weighted by atomic mass is 15.1. The third-order valence-electron chi connectivity index (χ3n) is 4.41. The molecule has 21 heavy (non-hydrogen) atoms. The zero-order valence-corrected chi connectivity index (χ0v) is 14.7. The highest BCUT2D eigenvalue weighted by molar-refractivity contribution is 4.83. The molecule has 1 rings (SSSR count). The summed E-state index contributed by atoms with van der Waals surface area (Å²) in [5, 5.41) is 0. The van der Waals surface area contributed by atoms with Crippen LogP contribution in [0.1, 0.15) is 90.8 Å². The maximum Gasteiger partial charge on any atom is 0.256 e. The van der Waals surface area contributed by atoms with E-state index >= 15 is 0 Å². The third kappa shape index (κ3) is 7.15. The molecule has 0 aliphatic rings. The number of imidazole rings is 1. The first-order chi connectivity index (χ1) is 10.3. The molecule has 1 heterocycles. The van der Waals surface area contributed by atoms with Crippen LogP contribution in [0, 0.1) is 0 Å². The van der Waals surface area contributed by atoms with Gasteiger partial charge in [-0.1, -0.05) is 59.3 Å². The molecule has 2 heteroatoms. The standard InChI is InChI=1S/C19H37N2/c1-4-7-9-11-13-15-20-17-18-21(19(20)6-3)16-14-12-10-8-5-2/h17-18H,4-16H2,1-3H3/q+1. The van der Waals surface area contributed by atoms with Crippen LogP contribution in [-0.4, -0.2) is 4.57 Å². The lowest BCUT2D eigenvalue weighted by molar-refractivity contribution is -0.704. The van der Waals surface area contributed by atoms with E-state index in [2.05, 4.69) is 42.3 Å². The van der Waals surface area contributed by atoms with E-state index < -0.39 is 0 Å². The van der Waals surface area contributed by atoms with Crippen LogP contribution in [0.3, 0.4) is 0 Å². The maximum atomic E-state index is 2.48. The van der Waals surface area contributed by atoms with Gasteiger partial charge in [-0.05, 0) is 25.7 Å². The molecule has 2 nitrogen and oxygen atoms in total. The van der Waals surface area contributed by atoms with Gasteiger partial charge in [0.2, 0.25) is 0 Å². The molecule has 0 spiro atoms. The van der Waals surface area contributed by atoms with E-state index in [4.69, 9.17) is 0 Å². The van der Waals surface area contributed by atoms with E-state index in [9.17, 15) is 0 Å². The van der Waals surface area contributed by atoms with Gasteiger partial charge >= 0.3 is 0 Å². The second kappa shape index (κ2) is 11.8. The molecule has 1 aromatic rings. The summed E-state index contributed by atoms with van der Waals surface area (Å²) in [5.74, 6) is 1.51. The average Bonchev–Trinajstić information content (AvgIpc) is 2.89. The number of nitrogens with zero attached hydrogens (tertiary/aromatic N) is 2. The summed E-state index contributed by atoms with van der Waals surface area (Å²) >= 11 is 0. The molecule has 0 bridgehead atoms. The third-order valence-corrected chi connectivity index (χ3v) is 4.41. The summed E-state index contributed by atoms with van der Waals surface area (Å²) in [7, 11) is 0. The van der Waals surface area contributed by atoms with Crippen LogP contribution in [-0.2, 0) is 19.5 Å². The Hall–Kier alpha value is -0.790. The molecule has 0 aromatic carbocycles. The van der Waals surface area contributed by atoms with Crippen molar-refractivity contribution in [2.75, 3.05) is 0 Å². The van der Waals surface area contributed by atoms with Crippen LogP contribution < -0.4 is 4.57 Å². The first-order valence-electron chi connectivity index (χ1n) is 9.40. The van der Waals surface area contributed by atoms with Crippen molar-refractivity contribution in [3.63, 3.8) is 0 Å². The molecule has 0 radical (unpaired) electrons. The average molecular weight is 294 g/mol. The fourth-order valence-electron chi connectivity index (χ4n) is 3.08. The molecular weight excluding hydrogens is 256 g/mol. The minimum atomic E-state index is 1.15. The zero-order valence-electron chi connectivity index (χ0n) is 14.7. The molecule has 122 valence electrons. The largest absolute Gasteiger partial charge is 0.256 e. The minimum Gasteiger partial charge on any atom is -0.234 e. The Labute approximate surface area is 132 Å². The molecule has 0 saturated carbocycles. The Morgan fingerprint density at radius 1 is 0.810 bits per heavy atom. The highest BCUT2D eigenvalue weighted by Crippen LogP contribution is 2.07. The molecule has 0 saturated heterocycles. The topological polar surface area (TPSA) is 8.81 Å². The number of unbranched alkanes of at least 4 members (excludes halogenated alkanes) is 8. The van der Waals surface area contributed by atoms with Gasteiger partial charge in [0.05, 0.1) is 13.1 Å². The summed E-state index contributed by atoms with van der Waals surface area (Å²) in [6, 6.07) is 0. The predicted molar refractivity (Wildman–Crippen MR) is 91.5 cm³/mol. The first kappa shape index (κ1) is 18.3. The Balaban J connectivity index is 2.33. The molecular formula is C19H37N2+. The number of hydrogen-bond donors (Lipinski definition) is 0. The summed E-state index contributed by atoms with van der Waals surface area (Å²) in [4.78, 5) is 0. The van der Waals surface area contributed by atoms with Gasteiger partial charge in [-0.3, -0.25) is 0 Å². The highest BCUT2D eigenvalue weighted by Gasteiger charge is 2.14. The van der Waals surface area contributed by atoms with E-state index in [1.54, 1.807) is 0 Å². The van der Waals surface area contributed by atoms with Crippen LogP contribution >= 0.6 is 0 Å². The molecule has 0 aliphatic heterocycles. The lowest BCUT2D eigenvalue weighted by atomic mass is 10.1. The van der Waals surface area contributed by atoms with Gasteiger partial charge in [0, 0.05) is 6.42 Å². The fourth-order valence-corrected chi connectivity index (χ4v) is 3.08. The van der Waals surface area contributed by atoms with Crippen molar-refractivity contribution < 1.29 is 4.57 Å². The first-order valence-corrected chi connectivity index (χ1v) is 9.40. The number of hydrogen-bond acceptors (Lipinski definition) is 0. The minimum absolute atomic E-state index is 1.15. The Morgan fingerprint density at radius 3 is 2.05 bits per heavy atom. The summed E-state index contributed by atoms with van der Waals surface area (Å²) in [6.45, 7) is 9.26. The molecule has 0 atom stereocenters. The molecule has 0 fully saturated rings. The van der Waals surface area contributed by atoms with E-state index in [-0.39, 0.29) is 0 Å². The Bertz CT molecular complexity index is 323. The van der Waals surface area contributed by atoms with Crippen LogP contribution in [0.4, 0.5) is 0 Å². The van der Waals surface area contributed by atoms with Crippen LogP contribution in [0.25, 0.3) is 0 Å². The molecule has 0 unspecified atom stereocenters. The van der Waals surface area contributed by atoms with Crippen molar-refractivity contribution >= 4 is 0 Å². The number of rotatable bonds is 13. The SMILES string of the molecule is CCCCCCCn1cc[n+](CCCCCCC)c1CC. The Morgan fingerprint density at radius 2 is 1.43 bits per heavy atom. The van der Waals surface area contributed by atoms with Crippen LogP contribution in [0.5, 0.6) is 0 Å². The zero-order chi connectivity index (χ0) is 15.3. The molecule has 0 aliphatic carbocycles. The van der Waals surface area contributed by atoms with E-state index in [0.29, 0.717) is 0 Å². The van der Waals surface area contributed by atoms with Gasteiger partial charge < -0.3 is 0 Å². The molecule has 0 N–H and O–H groups in total. The summed E-state index contributed by atoms with van der Waals surface area (Å²) in [5.41, 5.74) is 0. The maximum absolute atomic E-state index is 2.48. The van der Waals surface area contributed by atoms with Crippen molar-refractivity contribution in [3.05, 3.63) is 18.2 Å². The monoisotopic (exact) mass is 293 g/mol. The lowest BCUT2D eigenvalue weighted by Crippen LogP contribution is -2.37. The fraction of sp³-hybridized carbons (Fsp3) is 0.842. The molecule has 1 aromatic heterocycles. The number of aryl methyl sites for hydroxylation is 2. The van der Waals surface area contributed by atoms with Gasteiger partial charge in [0.15, 0.2) is 0 Å². The van der Waals surface area contributed by atoms with Gasteiger partial charge in [0.25, 0.3) is 5.82 Å². The summed E-state index contributed by atoms with van der Waals surface area (Å²) in [6.07, 6.45) is 19.4. The Kier molecular flexibility index (Phi) is 10.3. The van der Waals surface area contributed by atoms with Gasteiger partial charge in [-0.15, -0.1) is 0 Å². The normalized spacial score (nSPS) is 11.2. The summed E-state index contributed by atoms with van der Waals surface area (Å²) < 4.78 is 4.97. The van der Waals surface area contributed by atoms with Crippen molar-refractivity contribution in [1.29, 1.82) is 0 Å².